The summed E-state index contributed by atoms with van der Waals surface area (Å²) in [6.07, 6.45) is 41.0. The van der Waals surface area contributed by atoms with Gasteiger partial charge in [-0.15, -0.1) is 0 Å². The van der Waals surface area contributed by atoms with E-state index in [0.717, 1.165) is 57.8 Å². The molecule has 224 valence electrons. The fraction of sp³-hybridized carbons (Fsp3) is 0.686. The highest BCUT2D eigenvalue weighted by Gasteiger charge is 2.13. The van der Waals surface area contributed by atoms with Gasteiger partial charge in [-0.25, -0.2) is 0 Å². The zero-order valence-electron chi connectivity index (χ0n) is 25.4. The van der Waals surface area contributed by atoms with E-state index in [1.807, 2.05) is 0 Å². The molecule has 1 atom stereocenters. The molecule has 1 unspecified atom stereocenters. The van der Waals surface area contributed by atoms with Crippen molar-refractivity contribution in [2.75, 3.05) is 19.8 Å². The lowest BCUT2D eigenvalue weighted by Crippen LogP contribution is -2.27. The van der Waals surface area contributed by atoms with Gasteiger partial charge in [0, 0.05) is 13.0 Å². The molecule has 0 amide bonds. The molecule has 0 rings (SSSR count). The number of hydrogen-bond acceptors (Lipinski definition) is 4. The van der Waals surface area contributed by atoms with Crippen molar-refractivity contribution in [3.63, 3.8) is 0 Å². The number of unbranched alkanes of at least 4 members (excludes halogenated alkanes) is 10. The quantitative estimate of drug-likeness (QED) is 0.0605. The van der Waals surface area contributed by atoms with Crippen molar-refractivity contribution in [3.8, 4) is 0 Å². The van der Waals surface area contributed by atoms with E-state index in [4.69, 9.17) is 9.47 Å². The maximum atomic E-state index is 12.1. The van der Waals surface area contributed by atoms with Crippen molar-refractivity contribution in [3.05, 3.63) is 60.8 Å². The van der Waals surface area contributed by atoms with E-state index in [1.54, 1.807) is 0 Å². The van der Waals surface area contributed by atoms with Crippen LogP contribution in [0.1, 0.15) is 129 Å². The summed E-state index contributed by atoms with van der Waals surface area (Å²) in [5.74, 6) is -0.247. The molecule has 0 spiro atoms. The Labute approximate surface area is 241 Å². The first kappa shape index (κ1) is 37.1. The van der Waals surface area contributed by atoms with Crippen LogP contribution >= 0.6 is 0 Å². The predicted octanol–water partition coefficient (Wildman–Crippen LogP) is 9.75. The van der Waals surface area contributed by atoms with Crippen LogP contribution in [0.4, 0.5) is 0 Å². The maximum Gasteiger partial charge on any atom is 0.306 e. The number of esters is 1. The summed E-state index contributed by atoms with van der Waals surface area (Å²) in [6.45, 7) is 5.12. The summed E-state index contributed by atoms with van der Waals surface area (Å²) >= 11 is 0. The van der Waals surface area contributed by atoms with Crippen molar-refractivity contribution in [1.29, 1.82) is 0 Å². The van der Waals surface area contributed by atoms with Gasteiger partial charge in [-0.3, -0.25) is 4.79 Å². The number of rotatable bonds is 28. The van der Waals surface area contributed by atoms with E-state index in [9.17, 15) is 9.90 Å². The van der Waals surface area contributed by atoms with Gasteiger partial charge >= 0.3 is 5.97 Å². The molecule has 1 N–H and O–H groups in total. The molecule has 0 radical (unpaired) electrons. The minimum atomic E-state index is -0.558. The molecule has 0 bridgehead atoms. The number of aliphatic hydroxyl groups excluding tert-OH is 1. The monoisotopic (exact) mass is 544 g/mol. The Morgan fingerprint density at radius 1 is 0.641 bits per heavy atom. The second-order valence-electron chi connectivity index (χ2n) is 10.1. The van der Waals surface area contributed by atoms with Crippen molar-refractivity contribution in [2.24, 2.45) is 0 Å². The van der Waals surface area contributed by atoms with Gasteiger partial charge in [0.25, 0.3) is 0 Å². The first-order valence-corrected chi connectivity index (χ1v) is 15.9. The van der Waals surface area contributed by atoms with Crippen molar-refractivity contribution >= 4 is 5.97 Å². The molecule has 0 fully saturated rings. The molecule has 4 nitrogen and oxygen atoms in total. The first-order chi connectivity index (χ1) is 19.2. The van der Waals surface area contributed by atoms with E-state index in [2.05, 4.69) is 74.6 Å². The molecular formula is C35H60O4. The summed E-state index contributed by atoms with van der Waals surface area (Å²) in [6, 6.07) is 0. The van der Waals surface area contributed by atoms with E-state index in [-0.39, 0.29) is 19.2 Å². The summed E-state index contributed by atoms with van der Waals surface area (Å²) in [5.41, 5.74) is 0. The number of carbonyl (C=O) groups excluding carboxylic acids is 1. The van der Waals surface area contributed by atoms with Crippen molar-refractivity contribution in [1.82, 2.24) is 0 Å². The van der Waals surface area contributed by atoms with Gasteiger partial charge in [-0.05, 0) is 70.6 Å². The molecule has 0 aliphatic carbocycles. The van der Waals surface area contributed by atoms with Crippen LogP contribution in [0.2, 0.25) is 0 Å². The molecule has 0 heterocycles. The standard InChI is InChI=1S/C35H60O4/c1-3-5-7-9-11-13-15-17-18-19-20-22-24-26-28-30-35(37)39-34(32-36)33-38-31-29-27-25-23-21-16-14-12-10-8-6-4-2/h5,7,10-13,17-18,20,22,34,36H,3-4,6,8-9,14-16,19,21,23-33H2,1-2H3/b7-5-,12-10-,13-11-,18-17-,22-20-. The lowest BCUT2D eigenvalue weighted by atomic mass is 10.1. The maximum absolute atomic E-state index is 12.1. The van der Waals surface area contributed by atoms with Crippen LogP contribution in [0.5, 0.6) is 0 Å². The molecule has 0 aliphatic heterocycles. The number of carbonyl (C=O) groups is 1. The van der Waals surface area contributed by atoms with Crippen LogP contribution in [0.15, 0.2) is 60.8 Å². The topological polar surface area (TPSA) is 55.8 Å². The minimum absolute atomic E-state index is 0.194. The molecule has 4 heteroatoms. The van der Waals surface area contributed by atoms with Crippen LogP contribution in [0.25, 0.3) is 0 Å². The Hall–Kier alpha value is -1.91. The normalized spacial score (nSPS) is 13.2. The number of hydrogen-bond donors (Lipinski definition) is 1. The zero-order chi connectivity index (χ0) is 28.5. The Bertz CT molecular complexity index is 660. The van der Waals surface area contributed by atoms with E-state index in [1.165, 1.54) is 51.4 Å². The Morgan fingerprint density at radius 3 is 1.77 bits per heavy atom. The third-order valence-electron chi connectivity index (χ3n) is 6.33. The van der Waals surface area contributed by atoms with E-state index < -0.39 is 6.10 Å². The number of aliphatic hydroxyl groups is 1. The Balaban J connectivity index is 3.59. The SMILES string of the molecule is CC/C=C\C/C=C\C/C=C\C/C=C\CCCCC(=O)OC(CO)COCCCCCCCC/C=C\CCCC. The highest BCUT2D eigenvalue weighted by molar-refractivity contribution is 5.69. The molecule has 0 aliphatic rings. The predicted molar refractivity (Wildman–Crippen MR) is 168 cm³/mol. The second kappa shape index (κ2) is 32.3. The minimum Gasteiger partial charge on any atom is -0.457 e. The molecule has 39 heavy (non-hydrogen) atoms. The lowest BCUT2D eigenvalue weighted by Gasteiger charge is -2.15. The highest BCUT2D eigenvalue weighted by Crippen LogP contribution is 2.09. The van der Waals surface area contributed by atoms with Gasteiger partial charge in [0.05, 0.1) is 13.2 Å². The van der Waals surface area contributed by atoms with Crippen LogP contribution in [-0.2, 0) is 14.3 Å². The van der Waals surface area contributed by atoms with Crippen LogP contribution in [0, 0.1) is 0 Å². The molecule has 0 aromatic rings. The average Bonchev–Trinajstić information content (AvgIpc) is 2.94. The fourth-order valence-electron chi connectivity index (χ4n) is 3.94. The lowest BCUT2D eigenvalue weighted by molar-refractivity contribution is -0.154. The number of ether oxygens (including phenoxy) is 2. The van der Waals surface area contributed by atoms with Crippen molar-refractivity contribution in [2.45, 2.75) is 136 Å². The molecule has 0 aromatic heterocycles. The van der Waals surface area contributed by atoms with Crippen molar-refractivity contribution < 1.29 is 19.4 Å². The highest BCUT2D eigenvalue weighted by atomic mass is 16.6. The zero-order valence-corrected chi connectivity index (χ0v) is 25.4. The summed E-state index contributed by atoms with van der Waals surface area (Å²) < 4.78 is 11.0. The van der Waals surface area contributed by atoms with Gasteiger partial charge < -0.3 is 14.6 Å². The largest absolute Gasteiger partial charge is 0.457 e. The van der Waals surface area contributed by atoms with Crippen LogP contribution in [-0.4, -0.2) is 37.0 Å². The summed E-state index contributed by atoms with van der Waals surface area (Å²) in [7, 11) is 0. The molecule has 0 saturated carbocycles. The van der Waals surface area contributed by atoms with E-state index in [0.29, 0.717) is 13.0 Å². The van der Waals surface area contributed by atoms with Gasteiger partial charge in [0.15, 0.2) is 0 Å². The third kappa shape index (κ3) is 30.5. The average molecular weight is 545 g/mol. The Morgan fingerprint density at radius 2 is 1.15 bits per heavy atom. The van der Waals surface area contributed by atoms with Gasteiger partial charge in [-0.2, -0.15) is 0 Å². The summed E-state index contributed by atoms with van der Waals surface area (Å²) in [5, 5.41) is 9.50. The van der Waals surface area contributed by atoms with Crippen LogP contribution in [0.3, 0.4) is 0 Å². The first-order valence-electron chi connectivity index (χ1n) is 15.9. The third-order valence-corrected chi connectivity index (χ3v) is 6.33. The smallest absolute Gasteiger partial charge is 0.306 e. The van der Waals surface area contributed by atoms with Gasteiger partial charge in [0.1, 0.15) is 6.10 Å². The molecule has 0 saturated heterocycles. The molecular weight excluding hydrogens is 484 g/mol. The van der Waals surface area contributed by atoms with Crippen LogP contribution < -0.4 is 0 Å². The number of allylic oxidation sites excluding steroid dienone is 10. The van der Waals surface area contributed by atoms with Gasteiger partial charge in [0.2, 0.25) is 0 Å². The Kier molecular flexibility index (Phi) is 30.7. The molecule has 0 aromatic carbocycles. The fourth-order valence-corrected chi connectivity index (χ4v) is 3.94. The summed E-state index contributed by atoms with van der Waals surface area (Å²) in [4.78, 5) is 12.1. The van der Waals surface area contributed by atoms with E-state index >= 15 is 0 Å². The second-order valence-corrected chi connectivity index (χ2v) is 10.1. The van der Waals surface area contributed by atoms with Gasteiger partial charge in [-0.1, -0.05) is 113 Å².